The van der Waals surface area contributed by atoms with Gasteiger partial charge < -0.3 is 37.9 Å². The van der Waals surface area contributed by atoms with E-state index in [9.17, 15) is 24.0 Å². The molecule has 1 aliphatic rings. The number of aromatic nitrogens is 1. The molecule has 0 fully saturated rings. The second-order valence-corrected chi connectivity index (χ2v) is 18.3. The molecule has 1 aromatic heterocycles. The van der Waals surface area contributed by atoms with E-state index in [1.165, 1.54) is 41.8 Å². The van der Waals surface area contributed by atoms with E-state index < -0.39 is 36.0 Å². The first kappa shape index (κ1) is 53.5. The van der Waals surface area contributed by atoms with Gasteiger partial charge in [0.1, 0.15) is 35.2 Å². The van der Waals surface area contributed by atoms with Crippen LogP contribution in [0.1, 0.15) is 93.3 Å². The number of thiazole rings is 1. The number of rotatable bonds is 25. The highest BCUT2D eigenvalue weighted by atomic mass is 32.1. The van der Waals surface area contributed by atoms with Crippen LogP contribution in [0.5, 0.6) is 23.0 Å². The maximum absolute atomic E-state index is 13.5. The molecule has 0 amide bonds. The summed E-state index contributed by atoms with van der Waals surface area (Å²) in [5.74, 6) is -1.00. The van der Waals surface area contributed by atoms with Gasteiger partial charge in [-0.2, -0.15) is 5.10 Å². The Bertz CT molecular complexity index is 2740. The van der Waals surface area contributed by atoms with Gasteiger partial charge in [0.15, 0.2) is 6.10 Å². The molecule has 1 N–H and O–H groups in total. The van der Waals surface area contributed by atoms with Crippen LogP contribution in [0, 0.1) is 5.92 Å². The fraction of sp³-hybridized carbons (Fsp3) is 0.291. The summed E-state index contributed by atoms with van der Waals surface area (Å²) in [6.45, 7) is 15.4. The summed E-state index contributed by atoms with van der Waals surface area (Å²) in [6.07, 6.45) is 9.47. The Hall–Kier alpha value is -7.89. The van der Waals surface area contributed by atoms with Crippen LogP contribution in [0.2, 0.25) is 0 Å². The molecule has 0 spiro atoms. The minimum absolute atomic E-state index is 0.0323. The predicted molar refractivity (Wildman–Crippen MR) is 272 cm³/mol. The number of carbonyl (C=O) groups is 5. The van der Waals surface area contributed by atoms with E-state index in [1.807, 2.05) is 20.8 Å². The van der Waals surface area contributed by atoms with Crippen LogP contribution in [-0.4, -0.2) is 85.8 Å². The molecule has 16 nitrogen and oxygen atoms in total. The van der Waals surface area contributed by atoms with Crippen LogP contribution in [-0.2, 0) is 41.4 Å². The SMILES string of the molecule is C=CC(=O)OCCCCOCC(COc1ccc(C(=O)Oc2ccc(CCOC(=O)c3ccc(OC(=O)c4ccc(OC(C)(C)C)cc4)cc3)cc2/C=N/Nc2nc3c(s2)C=CC(C)C3)cc1)OC(=O)C=C. The number of carbonyl (C=O) groups excluding carboxylic acids is 5. The maximum Gasteiger partial charge on any atom is 0.343 e. The van der Waals surface area contributed by atoms with Gasteiger partial charge in [-0.05, 0) is 143 Å². The van der Waals surface area contributed by atoms with Crippen molar-refractivity contribution in [1.82, 2.24) is 4.98 Å². The molecule has 17 heteroatoms. The van der Waals surface area contributed by atoms with Gasteiger partial charge in [-0.3, -0.25) is 5.43 Å². The first-order chi connectivity index (χ1) is 34.6. The van der Waals surface area contributed by atoms with Gasteiger partial charge in [0.2, 0.25) is 5.13 Å². The Balaban J connectivity index is 1.04. The third-order valence-electron chi connectivity index (χ3n) is 10.3. The van der Waals surface area contributed by atoms with Crippen molar-refractivity contribution in [3.63, 3.8) is 0 Å². The molecule has 4 aromatic carbocycles. The number of allylic oxidation sites excluding steroid dienone is 1. The number of anilines is 1. The molecule has 0 saturated heterocycles. The molecule has 0 radical (unpaired) electrons. The van der Waals surface area contributed by atoms with Crippen LogP contribution in [0.4, 0.5) is 5.13 Å². The number of hydrazone groups is 1. The summed E-state index contributed by atoms with van der Waals surface area (Å²) in [5.41, 5.74) is 5.70. The highest BCUT2D eigenvalue weighted by molar-refractivity contribution is 7.16. The molecule has 72 heavy (non-hydrogen) atoms. The van der Waals surface area contributed by atoms with Crippen LogP contribution in [0.25, 0.3) is 6.08 Å². The molecule has 5 aromatic rings. The van der Waals surface area contributed by atoms with E-state index in [4.69, 9.17) is 37.9 Å². The average Bonchev–Trinajstić information content (AvgIpc) is 3.77. The number of hydrogen-bond donors (Lipinski definition) is 1. The molecular weight excluding hydrogens is 943 g/mol. The van der Waals surface area contributed by atoms with E-state index in [-0.39, 0.29) is 54.7 Å². The van der Waals surface area contributed by atoms with Crippen molar-refractivity contribution in [2.75, 3.05) is 38.5 Å². The van der Waals surface area contributed by atoms with Crippen molar-refractivity contribution < 1.29 is 61.9 Å². The van der Waals surface area contributed by atoms with Crippen molar-refractivity contribution in [3.8, 4) is 23.0 Å². The number of ether oxygens (including phenoxy) is 8. The number of esters is 5. The smallest absolute Gasteiger partial charge is 0.343 e. The highest BCUT2D eigenvalue weighted by Gasteiger charge is 2.19. The van der Waals surface area contributed by atoms with Crippen molar-refractivity contribution in [3.05, 3.63) is 161 Å². The zero-order valence-corrected chi connectivity index (χ0v) is 41.4. The lowest BCUT2D eigenvalue weighted by Gasteiger charge is -2.21. The molecule has 6 rings (SSSR count). The Morgan fingerprint density at radius 1 is 0.764 bits per heavy atom. The Labute approximate surface area is 422 Å². The number of hydrogen-bond acceptors (Lipinski definition) is 17. The zero-order valence-electron chi connectivity index (χ0n) is 40.6. The summed E-state index contributed by atoms with van der Waals surface area (Å²) in [7, 11) is 0. The van der Waals surface area contributed by atoms with Gasteiger partial charge in [0, 0.05) is 30.7 Å². The molecule has 2 unspecified atom stereocenters. The average molecular weight is 1000 g/mol. The van der Waals surface area contributed by atoms with Gasteiger partial charge in [-0.15, -0.1) is 0 Å². The standard InChI is InChI=1S/C55H57N3O13S/c1-7-49(59)65-29-10-9-28-64-34-45(68-50(60)8-2)35-67-42-19-13-40(14-20-42)53(63)70-47-25-12-37(32-41(47)33-56-58-54-57-46-31-36(3)11-26-48(46)72-54)27-30-66-51(61)38-15-21-43(22-16-38)69-52(62)39-17-23-44(24-18-39)71-55(4,5)6/h7-8,11-26,32-33,36,45H,1-2,9-10,27-31,34-35H2,3-6H3,(H,57,58)/b56-33+. The topological polar surface area (TPSA) is 196 Å². The largest absolute Gasteiger partial charge is 0.490 e. The van der Waals surface area contributed by atoms with Crippen molar-refractivity contribution in [2.24, 2.45) is 11.0 Å². The first-order valence-electron chi connectivity index (χ1n) is 23.2. The number of benzene rings is 4. The van der Waals surface area contributed by atoms with Gasteiger partial charge in [-0.1, -0.05) is 43.6 Å². The van der Waals surface area contributed by atoms with Crippen molar-refractivity contribution >= 4 is 58.6 Å². The lowest BCUT2D eigenvalue weighted by Crippen LogP contribution is -2.29. The number of nitrogens with one attached hydrogen (secondary N) is 1. The molecule has 0 bridgehead atoms. The Morgan fingerprint density at radius 2 is 1.40 bits per heavy atom. The minimum Gasteiger partial charge on any atom is -0.490 e. The van der Waals surface area contributed by atoms with Crippen molar-refractivity contribution in [1.29, 1.82) is 0 Å². The van der Waals surface area contributed by atoms with Gasteiger partial charge in [0.05, 0.1) is 53.3 Å². The molecule has 376 valence electrons. The second kappa shape index (κ2) is 26.4. The molecule has 1 aliphatic carbocycles. The maximum atomic E-state index is 13.5. The normalized spacial score (nSPS) is 13.2. The molecular formula is C55H57N3O13S. The highest BCUT2D eigenvalue weighted by Crippen LogP contribution is 2.31. The first-order valence-corrected chi connectivity index (χ1v) is 24.0. The van der Waals surface area contributed by atoms with E-state index in [2.05, 4.69) is 47.7 Å². The Morgan fingerprint density at radius 3 is 2.08 bits per heavy atom. The van der Waals surface area contributed by atoms with Crippen LogP contribution in [0.3, 0.4) is 0 Å². The van der Waals surface area contributed by atoms with E-state index in [0.29, 0.717) is 59.5 Å². The van der Waals surface area contributed by atoms with Gasteiger partial charge in [-0.25, -0.2) is 29.0 Å². The summed E-state index contributed by atoms with van der Waals surface area (Å²) in [5, 5.41) is 5.04. The molecule has 0 saturated carbocycles. The number of nitrogens with zero attached hydrogens (tertiary/aromatic N) is 2. The number of unbranched alkanes of at least 4 members (excludes halogenated alkanes) is 1. The lowest BCUT2D eigenvalue weighted by atomic mass is 10.00. The summed E-state index contributed by atoms with van der Waals surface area (Å²) in [6, 6.07) is 24.2. The van der Waals surface area contributed by atoms with E-state index >= 15 is 0 Å². The summed E-state index contributed by atoms with van der Waals surface area (Å²) >= 11 is 1.48. The summed E-state index contributed by atoms with van der Waals surface area (Å²) in [4.78, 5) is 68.2. The Kier molecular flexibility index (Phi) is 19.6. The van der Waals surface area contributed by atoms with Gasteiger partial charge in [0.25, 0.3) is 0 Å². The minimum atomic E-state index is -0.757. The molecule has 0 aliphatic heterocycles. The van der Waals surface area contributed by atoms with E-state index in [0.717, 1.165) is 34.7 Å². The molecule has 2 atom stereocenters. The van der Waals surface area contributed by atoms with E-state index in [1.54, 1.807) is 66.7 Å². The monoisotopic (exact) mass is 999 g/mol. The summed E-state index contributed by atoms with van der Waals surface area (Å²) < 4.78 is 44.7. The van der Waals surface area contributed by atoms with Gasteiger partial charge >= 0.3 is 29.8 Å². The fourth-order valence-electron chi connectivity index (χ4n) is 6.72. The molecule has 1 heterocycles. The van der Waals surface area contributed by atoms with Crippen LogP contribution in [0.15, 0.2) is 127 Å². The number of fused-ring (bicyclic) bond motifs is 1. The fourth-order valence-corrected chi connectivity index (χ4v) is 7.57. The third kappa shape index (κ3) is 17.2. The van der Waals surface area contributed by atoms with Crippen LogP contribution < -0.4 is 24.4 Å². The van der Waals surface area contributed by atoms with Crippen LogP contribution >= 0.6 is 11.3 Å². The third-order valence-corrected chi connectivity index (χ3v) is 11.2. The zero-order chi connectivity index (χ0) is 51.5. The lowest BCUT2D eigenvalue weighted by molar-refractivity contribution is -0.148. The van der Waals surface area contributed by atoms with Crippen molar-refractivity contribution in [2.45, 2.75) is 65.1 Å². The predicted octanol–water partition coefficient (Wildman–Crippen LogP) is 9.81. The second-order valence-electron chi connectivity index (χ2n) is 17.3. The quantitative estimate of drug-likeness (QED) is 0.0110.